The van der Waals surface area contributed by atoms with Crippen LogP contribution in [0.4, 0.5) is 0 Å². The Hall–Kier alpha value is -1.73. The number of benzene rings is 1. The van der Waals surface area contributed by atoms with Crippen molar-refractivity contribution in [2.75, 3.05) is 0 Å². The number of imide groups is 1. The van der Waals surface area contributed by atoms with Crippen LogP contribution in [0.25, 0.3) is 0 Å². The van der Waals surface area contributed by atoms with Crippen molar-refractivity contribution in [1.82, 2.24) is 10.2 Å². The van der Waals surface area contributed by atoms with Crippen molar-refractivity contribution >= 4 is 33.7 Å². The van der Waals surface area contributed by atoms with Gasteiger partial charge >= 0.3 is 0 Å². The number of nitrogens with zero attached hydrogens (tertiary/aromatic N) is 1. The number of hydrogen-bond donors (Lipinski definition) is 2. The topological polar surface area (TPSA) is 92.5 Å². The number of halogens is 1. The third kappa shape index (κ3) is 1.94. The summed E-state index contributed by atoms with van der Waals surface area (Å²) in [6.07, 6.45) is -0.0725. The van der Waals surface area contributed by atoms with Gasteiger partial charge in [-0.05, 0) is 24.6 Å². The lowest BCUT2D eigenvalue weighted by Gasteiger charge is -2.34. The van der Waals surface area contributed by atoms with E-state index < -0.39 is 12.2 Å². The fourth-order valence-corrected chi connectivity index (χ4v) is 3.00. The molecule has 3 N–H and O–H groups in total. The predicted molar refractivity (Wildman–Crippen MR) is 73.8 cm³/mol. The van der Waals surface area contributed by atoms with Gasteiger partial charge in [0.15, 0.2) is 0 Å². The fraction of sp³-hybridized carbons (Fsp3) is 0.308. The molecule has 2 aliphatic rings. The molecule has 6 nitrogen and oxygen atoms in total. The highest BCUT2D eigenvalue weighted by atomic mass is 79.9. The lowest BCUT2D eigenvalue weighted by molar-refractivity contribution is -0.124. The number of amides is 3. The molecule has 1 saturated heterocycles. The van der Waals surface area contributed by atoms with Crippen LogP contribution in [0.3, 0.4) is 0 Å². The Morgan fingerprint density at radius 3 is 2.60 bits per heavy atom. The van der Waals surface area contributed by atoms with Crippen molar-refractivity contribution in [3.8, 4) is 0 Å². The van der Waals surface area contributed by atoms with E-state index in [-0.39, 0.29) is 24.1 Å². The zero-order valence-electron chi connectivity index (χ0n) is 10.4. The number of carbonyl (C=O) groups excluding carboxylic acids is 3. The first-order valence-corrected chi connectivity index (χ1v) is 7.00. The molecule has 1 fully saturated rings. The van der Waals surface area contributed by atoms with Crippen molar-refractivity contribution in [3.63, 3.8) is 0 Å². The molecular weight excluding hydrogens is 326 g/mol. The SMILES string of the molecule is NC1NC(=O)CCC1N1C(=O)c2ccc(Br)cc2C1=O. The molecule has 20 heavy (non-hydrogen) atoms. The molecule has 0 aromatic heterocycles. The highest BCUT2D eigenvalue weighted by Crippen LogP contribution is 2.29. The van der Waals surface area contributed by atoms with E-state index in [9.17, 15) is 14.4 Å². The molecule has 1 aromatic carbocycles. The Balaban J connectivity index is 1.95. The van der Waals surface area contributed by atoms with Crippen molar-refractivity contribution in [2.24, 2.45) is 5.73 Å². The maximum atomic E-state index is 12.4. The Labute approximate surface area is 123 Å². The lowest BCUT2D eigenvalue weighted by atomic mass is 10.0. The Morgan fingerprint density at radius 1 is 1.20 bits per heavy atom. The van der Waals surface area contributed by atoms with Crippen molar-refractivity contribution < 1.29 is 14.4 Å². The van der Waals surface area contributed by atoms with E-state index >= 15 is 0 Å². The molecule has 3 amide bonds. The van der Waals surface area contributed by atoms with Crippen LogP contribution in [0.2, 0.25) is 0 Å². The monoisotopic (exact) mass is 337 g/mol. The molecule has 2 unspecified atom stereocenters. The Kier molecular flexibility index (Phi) is 3.10. The molecule has 1 aromatic rings. The number of hydrogen-bond acceptors (Lipinski definition) is 4. The van der Waals surface area contributed by atoms with E-state index in [0.717, 1.165) is 4.47 Å². The summed E-state index contributed by atoms with van der Waals surface area (Å²) in [4.78, 5) is 37.2. The number of piperidine rings is 1. The molecule has 2 heterocycles. The normalized spacial score (nSPS) is 25.7. The van der Waals surface area contributed by atoms with Gasteiger partial charge in [0.2, 0.25) is 5.91 Å². The van der Waals surface area contributed by atoms with Gasteiger partial charge in [-0.2, -0.15) is 0 Å². The fourth-order valence-electron chi connectivity index (χ4n) is 2.64. The number of nitrogens with one attached hydrogen (secondary N) is 1. The maximum Gasteiger partial charge on any atom is 0.261 e. The van der Waals surface area contributed by atoms with Gasteiger partial charge in [-0.15, -0.1) is 0 Å². The van der Waals surface area contributed by atoms with Crippen molar-refractivity contribution in [3.05, 3.63) is 33.8 Å². The summed E-state index contributed by atoms with van der Waals surface area (Å²) in [5.41, 5.74) is 6.60. The molecule has 3 rings (SSSR count). The molecular formula is C13H12BrN3O3. The Morgan fingerprint density at radius 2 is 1.90 bits per heavy atom. The van der Waals surface area contributed by atoms with Gasteiger partial charge in [-0.1, -0.05) is 15.9 Å². The Bertz CT molecular complexity index is 631. The molecule has 0 spiro atoms. The zero-order valence-corrected chi connectivity index (χ0v) is 12.0. The minimum atomic E-state index is -0.720. The minimum absolute atomic E-state index is 0.159. The van der Waals surface area contributed by atoms with E-state index in [2.05, 4.69) is 21.2 Å². The largest absolute Gasteiger partial charge is 0.339 e. The second kappa shape index (κ2) is 4.68. The smallest absolute Gasteiger partial charge is 0.261 e. The lowest BCUT2D eigenvalue weighted by Crippen LogP contribution is -2.61. The van der Waals surface area contributed by atoms with Gasteiger partial charge in [0.25, 0.3) is 11.8 Å². The maximum absolute atomic E-state index is 12.4. The quantitative estimate of drug-likeness (QED) is 0.734. The second-order valence-corrected chi connectivity index (χ2v) is 5.79. The molecule has 2 atom stereocenters. The number of rotatable bonds is 1. The van der Waals surface area contributed by atoms with E-state index in [1.807, 2.05) is 0 Å². The number of nitrogens with two attached hydrogens (primary N) is 1. The van der Waals surface area contributed by atoms with Crippen LogP contribution in [-0.4, -0.2) is 34.8 Å². The number of carbonyl (C=O) groups is 3. The molecule has 2 aliphatic heterocycles. The second-order valence-electron chi connectivity index (χ2n) is 4.87. The van der Waals surface area contributed by atoms with Crippen LogP contribution in [0.1, 0.15) is 33.6 Å². The van der Waals surface area contributed by atoms with Crippen LogP contribution < -0.4 is 11.1 Å². The summed E-state index contributed by atoms with van der Waals surface area (Å²) >= 11 is 3.28. The van der Waals surface area contributed by atoms with Gasteiger partial charge in [0, 0.05) is 10.9 Å². The van der Waals surface area contributed by atoms with Gasteiger partial charge in [0.05, 0.1) is 23.3 Å². The van der Waals surface area contributed by atoms with E-state index in [1.165, 1.54) is 4.90 Å². The van der Waals surface area contributed by atoms with Crippen molar-refractivity contribution in [2.45, 2.75) is 25.0 Å². The molecule has 0 aliphatic carbocycles. The third-order valence-electron chi connectivity index (χ3n) is 3.62. The third-order valence-corrected chi connectivity index (χ3v) is 4.11. The molecule has 104 valence electrons. The highest BCUT2D eigenvalue weighted by molar-refractivity contribution is 9.10. The van der Waals surface area contributed by atoms with Gasteiger partial charge in [-0.25, -0.2) is 0 Å². The summed E-state index contributed by atoms with van der Waals surface area (Å²) in [5, 5.41) is 2.57. The summed E-state index contributed by atoms with van der Waals surface area (Å²) < 4.78 is 0.737. The molecule has 0 saturated carbocycles. The summed E-state index contributed by atoms with van der Waals surface area (Å²) in [6, 6.07) is 4.46. The van der Waals surface area contributed by atoms with Crippen molar-refractivity contribution in [1.29, 1.82) is 0 Å². The van der Waals surface area contributed by atoms with Gasteiger partial charge < -0.3 is 11.1 Å². The molecule has 7 heteroatoms. The minimum Gasteiger partial charge on any atom is -0.339 e. The standard InChI is InChI=1S/C13H12BrN3O3/c14-6-1-2-7-8(5-6)13(20)17(12(7)19)9-3-4-10(18)16-11(9)15/h1-2,5,9,11H,3-4,15H2,(H,16,18). The average molecular weight is 338 g/mol. The summed E-state index contributed by atoms with van der Waals surface area (Å²) in [5.74, 6) is -0.870. The number of fused-ring (bicyclic) bond motifs is 1. The van der Waals surface area contributed by atoms with Crippen LogP contribution >= 0.6 is 15.9 Å². The van der Waals surface area contributed by atoms with Gasteiger partial charge in [-0.3, -0.25) is 19.3 Å². The first kappa shape index (κ1) is 13.3. The molecule has 0 radical (unpaired) electrons. The van der Waals surface area contributed by atoms with Crippen LogP contribution in [0.15, 0.2) is 22.7 Å². The summed E-state index contributed by atoms with van der Waals surface area (Å²) in [6.45, 7) is 0. The predicted octanol–water partition coefficient (Wildman–Crippen LogP) is 0.609. The van der Waals surface area contributed by atoms with E-state index in [1.54, 1.807) is 18.2 Å². The van der Waals surface area contributed by atoms with E-state index in [0.29, 0.717) is 17.5 Å². The summed E-state index contributed by atoms with van der Waals surface area (Å²) in [7, 11) is 0. The zero-order chi connectivity index (χ0) is 14.4. The molecule has 0 bridgehead atoms. The van der Waals surface area contributed by atoms with Crippen LogP contribution in [0.5, 0.6) is 0 Å². The first-order chi connectivity index (χ1) is 9.49. The first-order valence-electron chi connectivity index (χ1n) is 6.21. The van der Waals surface area contributed by atoms with E-state index in [4.69, 9.17) is 5.73 Å². The van der Waals surface area contributed by atoms with Crippen LogP contribution in [-0.2, 0) is 4.79 Å². The average Bonchev–Trinajstić information content (AvgIpc) is 2.63. The highest BCUT2D eigenvalue weighted by Gasteiger charge is 2.43. The van der Waals surface area contributed by atoms with Crippen LogP contribution in [0, 0.1) is 0 Å². The van der Waals surface area contributed by atoms with Gasteiger partial charge in [0.1, 0.15) is 0 Å².